The molecule has 7 heteroatoms. The minimum atomic E-state index is -0.526. The fourth-order valence-corrected chi connectivity index (χ4v) is 3.04. The van der Waals surface area contributed by atoms with Crippen LogP contribution in [-0.4, -0.2) is 17.4 Å². The van der Waals surface area contributed by atoms with Gasteiger partial charge in [0.1, 0.15) is 11.4 Å². The maximum Gasteiger partial charge on any atom is 0.293 e. The zero-order valence-electron chi connectivity index (χ0n) is 15.9. The summed E-state index contributed by atoms with van der Waals surface area (Å²) < 4.78 is 5.50. The number of halogens is 1. The lowest BCUT2D eigenvalue weighted by Gasteiger charge is -2.11. The third-order valence-corrected chi connectivity index (χ3v) is 4.78. The van der Waals surface area contributed by atoms with Crippen molar-refractivity contribution >= 4 is 28.9 Å². The van der Waals surface area contributed by atoms with Crippen LogP contribution < -0.4 is 10.1 Å². The molecular formula is C22H19ClN2O4. The molecule has 0 aliphatic carbocycles. The van der Waals surface area contributed by atoms with Gasteiger partial charge in [-0.3, -0.25) is 14.9 Å². The van der Waals surface area contributed by atoms with Gasteiger partial charge in [-0.2, -0.15) is 0 Å². The fourth-order valence-electron chi connectivity index (χ4n) is 2.81. The highest BCUT2D eigenvalue weighted by molar-refractivity contribution is 6.32. The number of carbonyl (C=O) groups is 1. The Morgan fingerprint density at radius 3 is 2.38 bits per heavy atom. The summed E-state index contributed by atoms with van der Waals surface area (Å²) in [5.74, 6) is -0.157. The monoisotopic (exact) mass is 410 g/mol. The van der Waals surface area contributed by atoms with Gasteiger partial charge in [-0.15, -0.1) is 0 Å². The van der Waals surface area contributed by atoms with Crippen molar-refractivity contribution in [2.75, 3.05) is 11.9 Å². The van der Waals surface area contributed by atoms with Gasteiger partial charge in [0.05, 0.1) is 9.95 Å². The van der Waals surface area contributed by atoms with Gasteiger partial charge in [0.2, 0.25) is 0 Å². The lowest BCUT2D eigenvalue weighted by Crippen LogP contribution is -2.21. The molecule has 3 rings (SSSR count). The van der Waals surface area contributed by atoms with E-state index in [0.29, 0.717) is 10.8 Å². The Kier molecular flexibility index (Phi) is 6.14. The second kappa shape index (κ2) is 8.75. The maximum atomic E-state index is 12.3. The van der Waals surface area contributed by atoms with Crippen LogP contribution in [0.4, 0.5) is 11.4 Å². The van der Waals surface area contributed by atoms with Crippen LogP contribution >= 0.6 is 11.6 Å². The molecule has 0 aliphatic rings. The van der Waals surface area contributed by atoms with E-state index < -0.39 is 10.8 Å². The zero-order chi connectivity index (χ0) is 21.0. The average molecular weight is 411 g/mol. The zero-order valence-corrected chi connectivity index (χ0v) is 16.7. The number of amides is 1. The van der Waals surface area contributed by atoms with Crippen LogP contribution in [0.1, 0.15) is 11.1 Å². The first-order valence-corrected chi connectivity index (χ1v) is 9.26. The number of nitrogens with zero attached hydrogens (tertiary/aromatic N) is 1. The maximum absolute atomic E-state index is 12.3. The molecule has 0 spiro atoms. The van der Waals surface area contributed by atoms with E-state index in [1.807, 2.05) is 43.3 Å². The molecule has 0 saturated carbocycles. The standard InChI is InChI=1S/C22H19ClN2O4/c1-14-10-19(20(25(27)28)11-15(14)2)24-22(26)13-29-21-9-8-17(12-18(21)23)16-6-4-3-5-7-16/h3-12H,13H2,1-2H3,(H,24,26). The smallest absolute Gasteiger partial charge is 0.293 e. The van der Waals surface area contributed by atoms with Crippen LogP contribution in [0.25, 0.3) is 11.1 Å². The second-order valence-electron chi connectivity index (χ2n) is 6.56. The molecule has 6 nitrogen and oxygen atoms in total. The quantitative estimate of drug-likeness (QED) is 0.426. The highest BCUT2D eigenvalue weighted by Gasteiger charge is 2.18. The number of nitro groups is 1. The Morgan fingerprint density at radius 2 is 1.72 bits per heavy atom. The topological polar surface area (TPSA) is 81.5 Å². The van der Waals surface area contributed by atoms with Crippen molar-refractivity contribution < 1.29 is 14.5 Å². The number of nitro benzene ring substituents is 1. The van der Waals surface area contributed by atoms with Gasteiger partial charge in [-0.25, -0.2) is 0 Å². The van der Waals surface area contributed by atoms with Crippen LogP contribution in [0.15, 0.2) is 60.7 Å². The van der Waals surface area contributed by atoms with Crippen molar-refractivity contribution in [3.63, 3.8) is 0 Å². The lowest BCUT2D eigenvalue weighted by atomic mass is 10.1. The van der Waals surface area contributed by atoms with Crippen LogP contribution in [0.5, 0.6) is 5.75 Å². The number of nitrogens with one attached hydrogen (secondary N) is 1. The molecule has 0 heterocycles. The van der Waals surface area contributed by atoms with Crippen LogP contribution in [-0.2, 0) is 4.79 Å². The molecule has 148 valence electrons. The van der Waals surface area contributed by atoms with Gasteiger partial charge >= 0.3 is 0 Å². The Bertz CT molecular complexity index is 1070. The largest absolute Gasteiger partial charge is 0.482 e. The Morgan fingerprint density at radius 1 is 1.03 bits per heavy atom. The highest BCUT2D eigenvalue weighted by atomic mass is 35.5. The van der Waals surface area contributed by atoms with Gasteiger partial charge < -0.3 is 10.1 Å². The molecule has 1 N–H and O–H groups in total. The Balaban J connectivity index is 1.69. The average Bonchev–Trinajstić information content (AvgIpc) is 2.70. The van der Waals surface area contributed by atoms with E-state index in [-0.39, 0.29) is 18.0 Å². The Hall–Kier alpha value is -3.38. The van der Waals surface area contributed by atoms with Gasteiger partial charge in [-0.05, 0) is 54.3 Å². The van der Waals surface area contributed by atoms with E-state index in [0.717, 1.165) is 22.3 Å². The van der Waals surface area contributed by atoms with Gasteiger partial charge in [0, 0.05) is 6.07 Å². The summed E-state index contributed by atoms with van der Waals surface area (Å²) in [6, 6.07) is 18.1. The van der Waals surface area contributed by atoms with Crippen LogP contribution in [0, 0.1) is 24.0 Å². The first kappa shape index (κ1) is 20.4. The van der Waals surface area contributed by atoms with Crippen molar-refractivity contribution in [2.45, 2.75) is 13.8 Å². The number of aryl methyl sites for hydroxylation is 2. The van der Waals surface area contributed by atoms with E-state index in [1.54, 1.807) is 25.1 Å². The van der Waals surface area contributed by atoms with Crippen molar-refractivity contribution in [2.24, 2.45) is 0 Å². The first-order chi connectivity index (χ1) is 13.8. The minimum Gasteiger partial charge on any atom is -0.482 e. The second-order valence-corrected chi connectivity index (χ2v) is 6.97. The molecule has 3 aromatic rings. The molecule has 0 bridgehead atoms. The number of hydrogen-bond donors (Lipinski definition) is 1. The van der Waals surface area contributed by atoms with Crippen molar-refractivity contribution in [1.29, 1.82) is 0 Å². The predicted molar refractivity (Wildman–Crippen MR) is 114 cm³/mol. The lowest BCUT2D eigenvalue weighted by molar-refractivity contribution is -0.384. The molecule has 3 aromatic carbocycles. The van der Waals surface area contributed by atoms with E-state index in [4.69, 9.17) is 16.3 Å². The normalized spacial score (nSPS) is 10.4. The summed E-state index contributed by atoms with van der Waals surface area (Å²) in [5, 5.41) is 14.2. The predicted octanol–water partition coefficient (Wildman–Crippen LogP) is 5.55. The number of benzene rings is 3. The van der Waals surface area contributed by atoms with E-state index in [9.17, 15) is 14.9 Å². The molecule has 1 amide bonds. The summed E-state index contributed by atoms with van der Waals surface area (Å²) >= 11 is 6.28. The third-order valence-electron chi connectivity index (χ3n) is 4.48. The van der Waals surface area contributed by atoms with Crippen molar-refractivity contribution in [1.82, 2.24) is 0 Å². The SMILES string of the molecule is Cc1cc(NC(=O)COc2ccc(-c3ccccc3)cc2Cl)c([N+](=O)[O-])cc1C. The molecule has 0 atom stereocenters. The number of rotatable bonds is 6. The van der Waals surface area contributed by atoms with Crippen molar-refractivity contribution in [3.05, 3.63) is 86.9 Å². The summed E-state index contributed by atoms with van der Waals surface area (Å²) in [6.07, 6.45) is 0. The van der Waals surface area contributed by atoms with Crippen molar-refractivity contribution in [3.8, 4) is 16.9 Å². The van der Waals surface area contributed by atoms with E-state index >= 15 is 0 Å². The number of anilines is 1. The number of ether oxygens (including phenoxy) is 1. The molecule has 0 radical (unpaired) electrons. The molecule has 0 aromatic heterocycles. The van der Waals surface area contributed by atoms with E-state index in [1.165, 1.54) is 6.07 Å². The summed E-state index contributed by atoms with van der Waals surface area (Å²) in [7, 11) is 0. The number of carbonyl (C=O) groups excluding carboxylic acids is 1. The van der Waals surface area contributed by atoms with Gasteiger partial charge in [0.25, 0.3) is 11.6 Å². The summed E-state index contributed by atoms with van der Waals surface area (Å²) in [6.45, 7) is 3.27. The van der Waals surface area contributed by atoms with Gasteiger partial charge in [-0.1, -0.05) is 48.0 Å². The highest BCUT2D eigenvalue weighted by Crippen LogP contribution is 2.31. The first-order valence-electron chi connectivity index (χ1n) is 8.88. The minimum absolute atomic E-state index is 0.136. The van der Waals surface area contributed by atoms with Gasteiger partial charge in [0.15, 0.2) is 6.61 Å². The summed E-state index contributed by atoms with van der Waals surface area (Å²) in [4.78, 5) is 23.0. The molecule has 0 aliphatic heterocycles. The number of hydrogen-bond acceptors (Lipinski definition) is 4. The molecule has 0 unspecified atom stereocenters. The molecule has 0 fully saturated rings. The summed E-state index contributed by atoms with van der Waals surface area (Å²) in [5.41, 5.74) is 3.53. The van der Waals surface area contributed by atoms with E-state index in [2.05, 4.69) is 5.32 Å². The van der Waals surface area contributed by atoms with Crippen LogP contribution in [0.2, 0.25) is 5.02 Å². The fraction of sp³-hybridized carbons (Fsp3) is 0.136. The Labute approximate surface area is 173 Å². The molecule has 0 saturated heterocycles. The van der Waals surface area contributed by atoms with Crippen LogP contribution in [0.3, 0.4) is 0 Å². The molecule has 29 heavy (non-hydrogen) atoms. The molecular weight excluding hydrogens is 392 g/mol. The third kappa shape index (κ3) is 4.92.